The molecule has 2 rings (SSSR count). The van der Waals surface area contributed by atoms with E-state index in [2.05, 4.69) is 49.4 Å². The van der Waals surface area contributed by atoms with Crippen molar-refractivity contribution in [1.82, 2.24) is 0 Å². The fourth-order valence-corrected chi connectivity index (χ4v) is 3.55. The molecule has 2 aromatic rings. The van der Waals surface area contributed by atoms with Crippen LogP contribution in [0.15, 0.2) is 68.1 Å². The topological polar surface area (TPSA) is 21.6 Å². The lowest BCUT2D eigenvalue weighted by Gasteiger charge is -2.08. The highest BCUT2D eigenvalue weighted by molar-refractivity contribution is 8.02. The second kappa shape index (κ2) is 10.9. The van der Waals surface area contributed by atoms with E-state index in [1.807, 2.05) is 23.6 Å². The molecule has 138 valence electrons. The summed E-state index contributed by atoms with van der Waals surface area (Å²) < 4.78 is 10.3. The fraction of sp³-hybridized carbons (Fsp3) is 0.250. The van der Waals surface area contributed by atoms with Crippen molar-refractivity contribution in [3.8, 4) is 0 Å². The maximum Gasteiger partial charge on any atom is 0.221 e. The molecule has 0 bridgehead atoms. The molecule has 0 N–H and O–H groups in total. The molecule has 0 saturated carbocycles. The summed E-state index contributed by atoms with van der Waals surface area (Å²) in [6.45, 7) is 6.90. The number of hydrogen-bond donors (Lipinski definition) is 0. The smallest absolute Gasteiger partial charge is 0.221 e. The van der Waals surface area contributed by atoms with E-state index in [4.69, 9.17) is 27.9 Å². The summed E-state index contributed by atoms with van der Waals surface area (Å²) in [5.74, 6) is 1.01. The predicted molar refractivity (Wildman–Crippen MR) is 117 cm³/mol. The molecule has 2 aromatic carbocycles. The fourth-order valence-electron chi connectivity index (χ4n) is 1.79. The monoisotopic (exact) mass is 425 g/mol. The predicted octanol–water partition coefficient (Wildman–Crippen LogP) is 7.69. The van der Waals surface area contributed by atoms with Crippen LogP contribution in [0.3, 0.4) is 0 Å². The van der Waals surface area contributed by atoms with E-state index < -0.39 is 0 Å². The van der Waals surface area contributed by atoms with Crippen LogP contribution in [0.2, 0.25) is 10.0 Å². The average Bonchev–Trinajstić information content (AvgIpc) is 2.60. The van der Waals surface area contributed by atoms with Gasteiger partial charge in [0.15, 0.2) is 0 Å². The molecular weight excluding hydrogens is 405 g/mol. The lowest BCUT2D eigenvalue weighted by molar-refractivity contribution is 0.262. The summed E-state index contributed by atoms with van der Waals surface area (Å²) in [7, 11) is 0. The molecule has 0 aliphatic heterocycles. The zero-order valence-electron chi connectivity index (χ0n) is 14.9. The number of halogens is 2. The Kier molecular flexibility index (Phi) is 8.93. The molecule has 6 heteroatoms. The van der Waals surface area contributed by atoms with Crippen LogP contribution in [0.4, 0.5) is 0 Å². The SMILES string of the molecule is Cc1ccc(SN=C(/C=C/Sc2ccc(Cl)cc2Cl)OCC(C)C)cc1. The number of ether oxygens (including phenoxy) is 1. The van der Waals surface area contributed by atoms with E-state index in [0.29, 0.717) is 28.5 Å². The largest absolute Gasteiger partial charge is 0.477 e. The van der Waals surface area contributed by atoms with Crippen molar-refractivity contribution in [2.24, 2.45) is 10.3 Å². The van der Waals surface area contributed by atoms with E-state index in [9.17, 15) is 0 Å². The summed E-state index contributed by atoms with van der Waals surface area (Å²) in [6, 6.07) is 13.7. The highest BCUT2D eigenvalue weighted by Gasteiger charge is 2.03. The Labute approximate surface area is 174 Å². The number of aryl methyl sites for hydroxylation is 1. The summed E-state index contributed by atoms with van der Waals surface area (Å²) in [5, 5.41) is 3.17. The van der Waals surface area contributed by atoms with Gasteiger partial charge in [0.2, 0.25) is 5.90 Å². The Morgan fingerprint density at radius 3 is 2.54 bits per heavy atom. The van der Waals surface area contributed by atoms with Crippen LogP contribution in [0.1, 0.15) is 19.4 Å². The highest BCUT2D eigenvalue weighted by atomic mass is 35.5. The molecule has 0 aromatic heterocycles. The highest BCUT2D eigenvalue weighted by Crippen LogP contribution is 2.30. The molecule has 0 saturated heterocycles. The Morgan fingerprint density at radius 1 is 1.15 bits per heavy atom. The van der Waals surface area contributed by atoms with Gasteiger partial charge in [0.05, 0.1) is 11.6 Å². The van der Waals surface area contributed by atoms with Crippen molar-refractivity contribution < 1.29 is 4.74 Å². The van der Waals surface area contributed by atoms with Crippen LogP contribution in [-0.4, -0.2) is 12.5 Å². The number of benzene rings is 2. The van der Waals surface area contributed by atoms with Gasteiger partial charge in [-0.15, -0.1) is 0 Å². The van der Waals surface area contributed by atoms with E-state index >= 15 is 0 Å². The first-order valence-corrected chi connectivity index (χ1v) is 10.6. The van der Waals surface area contributed by atoms with Crippen molar-refractivity contribution in [2.45, 2.75) is 30.6 Å². The maximum atomic E-state index is 6.20. The number of thioether (sulfide) groups is 1. The van der Waals surface area contributed by atoms with Gasteiger partial charge in [0.1, 0.15) is 0 Å². The minimum Gasteiger partial charge on any atom is -0.477 e. The normalized spacial score (nSPS) is 12.2. The molecule has 0 atom stereocenters. The van der Waals surface area contributed by atoms with Gasteiger partial charge in [-0.1, -0.05) is 66.5 Å². The molecule has 0 unspecified atom stereocenters. The van der Waals surface area contributed by atoms with Gasteiger partial charge in [0.25, 0.3) is 0 Å². The second-order valence-corrected chi connectivity index (χ2v) is 8.66. The van der Waals surface area contributed by atoms with Crippen LogP contribution in [-0.2, 0) is 4.74 Å². The lowest BCUT2D eigenvalue weighted by atomic mass is 10.2. The summed E-state index contributed by atoms with van der Waals surface area (Å²) in [4.78, 5) is 2.00. The molecule has 0 radical (unpaired) electrons. The van der Waals surface area contributed by atoms with E-state index in [0.717, 1.165) is 9.79 Å². The Hall–Kier alpha value is -1.07. The van der Waals surface area contributed by atoms with Gasteiger partial charge >= 0.3 is 0 Å². The van der Waals surface area contributed by atoms with Crippen molar-refractivity contribution in [1.29, 1.82) is 0 Å². The minimum absolute atomic E-state index is 0.427. The van der Waals surface area contributed by atoms with Crippen molar-refractivity contribution in [3.63, 3.8) is 0 Å². The van der Waals surface area contributed by atoms with Gasteiger partial charge < -0.3 is 4.74 Å². The molecular formula is C20H21Cl2NOS2. The average molecular weight is 426 g/mol. The zero-order chi connectivity index (χ0) is 18.9. The molecule has 0 spiro atoms. The summed E-state index contributed by atoms with van der Waals surface area (Å²) in [6.07, 6.45) is 1.86. The van der Waals surface area contributed by atoms with E-state index in [1.165, 1.54) is 29.3 Å². The van der Waals surface area contributed by atoms with E-state index in [1.54, 1.807) is 6.07 Å². The number of rotatable bonds is 7. The molecule has 0 amide bonds. The Morgan fingerprint density at radius 2 is 1.88 bits per heavy atom. The van der Waals surface area contributed by atoms with Crippen LogP contribution in [0.5, 0.6) is 0 Å². The van der Waals surface area contributed by atoms with Crippen molar-refractivity contribution in [2.75, 3.05) is 6.61 Å². The lowest BCUT2D eigenvalue weighted by Crippen LogP contribution is -2.07. The molecule has 0 heterocycles. The van der Waals surface area contributed by atoms with Gasteiger partial charge in [0, 0.05) is 32.8 Å². The summed E-state index contributed by atoms with van der Waals surface area (Å²) >= 11 is 15.0. The first kappa shape index (κ1) is 21.2. The molecule has 0 aliphatic carbocycles. The third-order valence-corrected chi connectivity index (χ3v) is 5.42. The molecule has 0 aliphatic rings. The van der Waals surface area contributed by atoms with Crippen LogP contribution in [0.25, 0.3) is 0 Å². The molecule has 2 nitrogen and oxygen atoms in total. The van der Waals surface area contributed by atoms with Crippen LogP contribution in [0, 0.1) is 12.8 Å². The van der Waals surface area contributed by atoms with E-state index in [-0.39, 0.29) is 0 Å². The number of hydrogen-bond acceptors (Lipinski definition) is 4. The molecule has 26 heavy (non-hydrogen) atoms. The Bertz CT molecular complexity index is 774. The third-order valence-electron chi connectivity index (χ3n) is 3.13. The van der Waals surface area contributed by atoms with Gasteiger partial charge in [-0.05, 0) is 48.6 Å². The van der Waals surface area contributed by atoms with Gasteiger partial charge in [-0.25, -0.2) is 0 Å². The standard InChI is InChI=1S/C20H21Cl2NOS2/c1-14(2)13-24-20(23-26-17-7-4-15(3)5-8-17)10-11-25-19-9-6-16(21)12-18(19)22/h4-12,14H,13H2,1-3H3/b11-10+,23-20?. The quantitative estimate of drug-likeness (QED) is 0.196. The first-order chi connectivity index (χ1) is 12.4. The molecule has 0 fully saturated rings. The van der Waals surface area contributed by atoms with Crippen LogP contribution < -0.4 is 0 Å². The minimum atomic E-state index is 0.427. The first-order valence-electron chi connectivity index (χ1n) is 8.17. The zero-order valence-corrected chi connectivity index (χ0v) is 18.1. The number of nitrogens with zero attached hydrogens (tertiary/aromatic N) is 1. The van der Waals surface area contributed by atoms with Crippen molar-refractivity contribution >= 4 is 52.8 Å². The maximum absolute atomic E-state index is 6.20. The van der Waals surface area contributed by atoms with Crippen molar-refractivity contribution in [3.05, 3.63) is 69.6 Å². The third kappa shape index (κ3) is 7.67. The second-order valence-electron chi connectivity index (χ2n) is 6.03. The summed E-state index contributed by atoms with van der Waals surface area (Å²) in [5.41, 5.74) is 1.23. The van der Waals surface area contributed by atoms with Gasteiger partial charge in [-0.3, -0.25) is 0 Å². The van der Waals surface area contributed by atoms with Gasteiger partial charge in [-0.2, -0.15) is 4.40 Å². The Balaban J connectivity index is 2.05. The van der Waals surface area contributed by atoms with Crippen LogP contribution >= 0.6 is 46.9 Å².